The number of aryl methyl sites for hydroxylation is 1. The van der Waals surface area contributed by atoms with Crippen molar-refractivity contribution in [2.45, 2.75) is 51.9 Å². The van der Waals surface area contributed by atoms with E-state index in [1.807, 2.05) is 45.0 Å². The van der Waals surface area contributed by atoms with Crippen LogP contribution in [0, 0.1) is 63.1 Å². The standard InChI is InChI=1S/C21H22N4O2/c1-4-10-21-16(5-2)20(13-24,18(25)27-21)19(11-22,12-23)17(26-21)15-8-6-14(3)7-9-15/h6-9,16-17,25H,4-5,10H2,1-3H3. The molecular formula is C21H22N4O2. The summed E-state index contributed by atoms with van der Waals surface area (Å²) in [6.07, 6.45) is 0.677. The number of nitrogens with one attached hydrogen (secondary N) is 1. The first-order chi connectivity index (χ1) is 12.9. The maximum Gasteiger partial charge on any atom is 0.217 e. The molecule has 3 rings (SSSR count). The van der Waals surface area contributed by atoms with Crippen LogP contribution in [-0.4, -0.2) is 11.7 Å². The first-order valence-corrected chi connectivity index (χ1v) is 9.17. The molecule has 4 atom stereocenters. The predicted molar refractivity (Wildman–Crippen MR) is 96.9 cm³/mol. The minimum absolute atomic E-state index is 0.331. The molecule has 6 heteroatoms. The van der Waals surface area contributed by atoms with Gasteiger partial charge in [-0.3, -0.25) is 5.41 Å². The highest BCUT2D eigenvalue weighted by atomic mass is 16.7. The molecule has 1 aromatic rings. The number of hydrogen-bond acceptors (Lipinski definition) is 6. The third kappa shape index (κ3) is 2.16. The summed E-state index contributed by atoms with van der Waals surface area (Å²) in [5, 5.41) is 39.0. The van der Waals surface area contributed by atoms with E-state index in [4.69, 9.17) is 14.9 Å². The maximum absolute atomic E-state index is 10.2. The summed E-state index contributed by atoms with van der Waals surface area (Å²) in [6.45, 7) is 5.79. The highest BCUT2D eigenvalue weighted by molar-refractivity contribution is 5.89. The summed E-state index contributed by atoms with van der Waals surface area (Å²) >= 11 is 0. The van der Waals surface area contributed by atoms with Gasteiger partial charge in [0.15, 0.2) is 5.41 Å². The van der Waals surface area contributed by atoms with Crippen LogP contribution in [-0.2, 0) is 9.47 Å². The molecular weight excluding hydrogens is 340 g/mol. The zero-order chi connectivity index (χ0) is 19.9. The Morgan fingerprint density at radius 3 is 2.19 bits per heavy atom. The molecule has 0 amide bonds. The molecule has 1 aromatic carbocycles. The summed E-state index contributed by atoms with van der Waals surface area (Å²) in [5.41, 5.74) is -1.88. The van der Waals surface area contributed by atoms with Crippen LogP contribution in [0.1, 0.15) is 50.3 Å². The third-order valence-electron chi connectivity index (χ3n) is 5.94. The van der Waals surface area contributed by atoms with Gasteiger partial charge in [0.2, 0.25) is 17.1 Å². The average molecular weight is 362 g/mol. The Morgan fingerprint density at radius 1 is 1.07 bits per heavy atom. The van der Waals surface area contributed by atoms with Crippen molar-refractivity contribution >= 4 is 5.90 Å². The average Bonchev–Trinajstić information content (AvgIpc) is 2.86. The largest absolute Gasteiger partial charge is 0.447 e. The van der Waals surface area contributed by atoms with E-state index in [0.29, 0.717) is 18.4 Å². The van der Waals surface area contributed by atoms with Gasteiger partial charge >= 0.3 is 0 Å². The molecule has 1 N–H and O–H groups in total. The van der Waals surface area contributed by atoms with Gasteiger partial charge in [0.05, 0.1) is 24.1 Å². The Bertz CT molecular complexity index is 875. The fourth-order valence-electron chi connectivity index (χ4n) is 4.71. The van der Waals surface area contributed by atoms with Crippen molar-refractivity contribution in [2.75, 3.05) is 0 Å². The van der Waals surface area contributed by atoms with E-state index in [1.165, 1.54) is 0 Å². The zero-order valence-corrected chi connectivity index (χ0v) is 15.7. The van der Waals surface area contributed by atoms with Crippen molar-refractivity contribution in [3.05, 3.63) is 35.4 Å². The second-order valence-corrected chi connectivity index (χ2v) is 7.31. The molecule has 4 unspecified atom stereocenters. The summed E-state index contributed by atoms with van der Waals surface area (Å²) in [4.78, 5) is 0. The SMILES string of the molecule is CCCC12OC(=N)C(C#N)(C1CC)C(C#N)(C#N)C(c1ccc(C)cc1)O2. The second-order valence-electron chi connectivity index (χ2n) is 7.31. The van der Waals surface area contributed by atoms with E-state index < -0.39 is 28.6 Å². The van der Waals surface area contributed by atoms with Gasteiger partial charge in [0, 0.05) is 6.42 Å². The van der Waals surface area contributed by atoms with Gasteiger partial charge in [-0.25, -0.2) is 0 Å². The molecule has 0 spiro atoms. The molecule has 2 aliphatic heterocycles. The van der Waals surface area contributed by atoms with Crippen molar-refractivity contribution in [1.29, 1.82) is 21.2 Å². The Balaban J connectivity index is 2.33. The molecule has 2 aliphatic rings. The highest BCUT2D eigenvalue weighted by Gasteiger charge is 2.79. The fourth-order valence-corrected chi connectivity index (χ4v) is 4.71. The molecule has 0 radical (unpaired) electrons. The summed E-state index contributed by atoms with van der Waals surface area (Å²) < 4.78 is 12.3. The van der Waals surface area contributed by atoms with E-state index >= 15 is 0 Å². The van der Waals surface area contributed by atoms with Crippen LogP contribution >= 0.6 is 0 Å². The van der Waals surface area contributed by atoms with Gasteiger partial charge < -0.3 is 9.47 Å². The van der Waals surface area contributed by atoms with Crippen LogP contribution in [0.5, 0.6) is 0 Å². The number of benzene rings is 1. The molecule has 27 heavy (non-hydrogen) atoms. The van der Waals surface area contributed by atoms with E-state index in [9.17, 15) is 15.8 Å². The molecule has 0 aliphatic carbocycles. The molecule has 2 bridgehead atoms. The number of nitrogens with zero attached hydrogens (tertiary/aromatic N) is 3. The minimum atomic E-state index is -1.87. The molecule has 0 aromatic heterocycles. The van der Waals surface area contributed by atoms with Crippen LogP contribution in [0.3, 0.4) is 0 Å². The zero-order valence-electron chi connectivity index (χ0n) is 15.7. The minimum Gasteiger partial charge on any atom is -0.447 e. The Kier molecular flexibility index (Phi) is 4.46. The number of ether oxygens (including phenoxy) is 2. The molecule has 6 nitrogen and oxygen atoms in total. The lowest BCUT2D eigenvalue weighted by molar-refractivity contribution is -0.286. The highest BCUT2D eigenvalue weighted by Crippen LogP contribution is 2.68. The quantitative estimate of drug-likeness (QED) is 0.864. The number of fused-ring (bicyclic) bond motifs is 2. The van der Waals surface area contributed by atoms with Gasteiger partial charge in [-0.1, -0.05) is 43.7 Å². The first-order valence-electron chi connectivity index (χ1n) is 9.17. The van der Waals surface area contributed by atoms with Crippen LogP contribution in [0.4, 0.5) is 0 Å². The summed E-state index contributed by atoms with van der Waals surface area (Å²) in [6, 6.07) is 13.7. The lowest BCUT2D eigenvalue weighted by Gasteiger charge is -2.49. The van der Waals surface area contributed by atoms with E-state index in [-0.39, 0.29) is 5.90 Å². The van der Waals surface area contributed by atoms with E-state index in [2.05, 4.69) is 18.2 Å². The molecule has 2 heterocycles. The van der Waals surface area contributed by atoms with Crippen LogP contribution in [0.15, 0.2) is 24.3 Å². The lowest BCUT2D eigenvalue weighted by atomic mass is 9.52. The van der Waals surface area contributed by atoms with Crippen molar-refractivity contribution in [2.24, 2.45) is 16.7 Å². The van der Waals surface area contributed by atoms with Crippen molar-refractivity contribution in [1.82, 2.24) is 0 Å². The monoisotopic (exact) mass is 362 g/mol. The van der Waals surface area contributed by atoms with Crippen LogP contribution in [0.2, 0.25) is 0 Å². The smallest absolute Gasteiger partial charge is 0.217 e. The van der Waals surface area contributed by atoms with E-state index in [0.717, 1.165) is 12.0 Å². The normalized spacial score (nSPS) is 33.4. The predicted octanol–water partition coefficient (Wildman–Crippen LogP) is 4.14. The number of nitriles is 3. The van der Waals surface area contributed by atoms with Crippen LogP contribution in [0.25, 0.3) is 0 Å². The number of hydrogen-bond donors (Lipinski definition) is 1. The van der Waals surface area contributed by atoms with Gasteiger partial charge in [-0.05, 0) is 25.3 Å². The number of rotatable bonds is 4. The van der Waals surface area contributed by atoms with Crippen LogP contribution < -0.4 is 0 Å². The van der Waals surface area contributed by atoms with Crippen molar-refractivity contribution in [3.8, 4) is 18.2 Å². The third-order valence-corrected chi connectivity index (χ3v) is 5.94. The van der Waals surface area contributed by atoms with Gasteiger partial charge in [0.25, 0.3) is 0 Å². The molecule has 0 saturated carbocycles. The molecule has 138 valence electrons. The fraction of sp³-hybridized carbons (Fsp3) is 0.524. The van der Waals surface area contributed by atoms with Gasteiger partial charge in [0.1, 0.15) is 6.10 Å². The van der Waals surface area contributed by atoms with Gasteiger partial charge in [-0.2, -0.15) is 15.8 Å². The topological polar surface area (TPSA) is 114 Å². The summed E-state index contributed by atoms with van der Waals surface area (Å²) in [5.74, 6) is -2.07. The molecule has 2 saturated heterocycles. The summed E-state index contributed by atoms with van der Waals surface area (Å²) in [7, 11) is 0. The molecule has 2 fully saturated rings. The Hall–Kier alpha value is -2.88. The maximum atomic E-state index is 10.2. The second kappa shape index (κ2) is 6.38. The van der Waals surface area contributed by atoms with E-state index in [1.54, 1.807) is 0 Å². The lowest BCUT2D eigenvalue weighted by Crippen LogP contribution is -2.59. The Labute approximate surface area is 159 Å². The first kappa shape index (κ1) is 18.9. The van der Waals surface area contributed by atoms with Crippen molar-refractivity contribution in [3.63, 3.8) is 0 Å². The van der Waals surface area contributed by atoms with Gasteiger partial charge in [-0.15, -0.1) is 0 Å². The van der Waals surface area contributed by atoms with Crippen molar-refractivity contribution < 1.29 is 9.47 Å². The Morgan fingerprint density at radius 2 is 1.70 bits per heavy atom.